The van der Waals surface area contributed by atoms with Crippen LogP contribution in [0.5, 0.6) is 0 Å². The Morgan fingerprint density at radius 2 is 0.667 bits per heavy atom. The minimum atomic E-state index is 0.434. The van der Waals surface area contributed by atoms with Crippen molar-refractivity contribution in [2.75, 3.05) is 0 Å². The van der Waals surface area contributed by atoms with Crippen molar-refractivity contribution in [3.63, 3.8) is 0 Å². The van der Waals surface area contributed by atoms with Gasteiger partial charge in [-0.15, -0.1) is 0 Å². The van der Waals surface area contributed by atoms with Crippen LogP contribution in [0.3, 0.4) is 0 Å². The SMILES string of the molecule is SC1CCC(S)C(S)CCC1S. The molecule has 12 heavy (non-hydrogen) atoms. The van der Waals surface area contributed by atoms with Crippen LogP contribution < -0.4 is 0 Å². The summed E-state index contributed by atoms with van der Waals surface area (Å²) in [5.74, 6) is 0. The fourth-order valence-electron chi connectivity index (χ4n) is 1.45. The first-order valence-corrected chi connectivity index (χ1v) is 6.40. The van der Waals surface area contributed by atoms with Crippen LogP contribution >= 0.6 is 50.5 Å². The molecule has 1 aliphatic rings. The van der Waals surface area contributed by atoms with E-state index in [1.54, 1.807) is 0 Å². The molecule has 1 aliphatic carbocycles. The van der Waals surface area contributed by atoms with Crippen molar-refractivity contribution in [2.45, 2.75) is 46.7 Å². The minimum absolute atomic E-state index is 0.434. The first-order valence-electron chi connectivity index (χ1n) is 4.33. The molecule has 0 spiro atoms. The highest BCUT2D eigenvalue weighted by Crippen LogP contribution is 2.29. The predicted octanol–water partition coefficient (Wildman–Crippen LogP) is 2.75. The summed E-state index contributed by atoms with van der Waals surface area (Å²) >= 11 is 18.0. The van der Waals surface area contributed by atoms with Crippen LogP contribution in [0.15, 0.2) is 0 Å². The summed E-state index contributed by atoms with van der Waals surface area (Å²) in [6, 6.07) is 0. The van der Waals surface area contributed by atoms with E-state index in [0.717, 1.165) is 25.7 Å². The highest BCUT2D eigenvalue weighted by atomic mass is 32.1. The fraction of sp³-hybridized carbons (Fsp3) is 1.00. The van der Waals surface area contributed by atoms with Crippen LogP contribution in [0.4, 0.5) is 0 Å². The molecule has 0 aromatic rings. The third-order valence-corrected chi connectivity index (χ3v) is 5.35. The number of rotatable bonds is 0. The van der Waals surface area contributed by atoms with Gasteiger partial charge >= 0.3 is 0 Å². The molecule has 0 N–H and O–H groups in total. The van der Waals surface area contributed by atoms with Crippen molar-refractivity contribution >= 4 is 50.5 Å². The highest BCUT2D eigenvalue weighted by Gasteiger charge is 2.23. The second kappa shape index (κ2) is 5.32. The Balaban J connectivity index is 2.45. The molecule has 4 heteroatoms. The summed E-state index contributed by atoms with van der Waals surface area (Å²) < 4.78 is 0. The van der Waals surface area contributed by atoms with Crippen LogP contribution in [0.1, 0.15) is 25.7 Å². The van der Waals surface area contributed by atoms with Gasteiger partial charge in [-0.2, -0.15) is 50.5 Å². The van der Waals surface area contributed by atoms with E-state index in [1.807, 2.05) is 0 Å². The Kier molecular flexibility index (Phi) is 5.09. The van der Waals surface area contributed by atoms with Crippen LogP contribution in [-0.2, 0) is 0 Å². The molecule has 0 aliphatic heterocycles. The summed E-state index contributed by atoms with van der Waals surface area (Å²) in [6.45, 7) is 0. The van der Waals surface area contributed by atoms with Gasteiger partial charge in [0.15, 0.2) is 0 Å². The lowest BCUT2D eigenvalue weighted by Gasteiger charge is -2.27. The molecule has 1 saturated carbocycles. The van der Waals surface area contributed by atoms with Crippen LogP contribution in [-0.4, -0.2) is 21.0 Å². The average Bonchev–Trinajstić information content (AvgIpc) is 2.07. The number of hydrogen-bond donors (Lipinski definition) is 4. The molecule has 0 amide bonds. The third-order valence-electron chi connectivity index (χ3n) is 2.40. The second-order valence-corrected chi connectivity index (χ2v) is 6.08. The zero-order chi connectivity index (χ0) is 9.14. The maximum absolute atomic E-state index is 4.51. The molecule has 0 nitrogen and oxygen atoms in total. The maximum Gasteiger partial charge on any atom is 0.0134 e. The van der Waals surface area contributed by atoms with Gasteiger partial charge in [0.2, 0.25) is 0 Å². The monoisotopic (exact) mass is 240 g/mol. The van der Waals surface area contributed by atoms with Gasteiger partial charge in [0, 0.05) is 21.0 Å². The first-order chi connectivity index (χ1) is 5.61. The first kappa shape index (κ1) is 11.5. The Morgan fingerprint density at radius 3 is 0.833 bits per heavy atom. The van der Waals surface area contributed by atoms with Crippen molar-refractivity contribution in [3.8, 4) is 0 Å². The average molecular weight is 240 g/mol. The molecular formula is C8H16S4. The van der Waals surface area contributed by atoms with Gasteiger partial charge in [0.25, 0.3) is 0 Å². The summed E-state index contributed by atoms with van der Waals surface area (Å²) in [4.78, 5) is 0. The molecular weight excluding hydrogens is 224 g/mol. The zero-order valence-electron chi connectivity index (χ0n) is 6.93. The summed E-state index contributed by atoms with van der Waals surface area (Å²) in [6.07, 6.45) is 4.45. The Hall–Kier alpha value is 1.40. The summed E-state index contributed by atoms with van der Waals surface area (Å²) in [5.41, 5.74) is 0. The van der Waals surface area contributed by atoms with Gasteiger partial charge in [-0.3, -0.25) is 0 Å². The van der Waals surface area contributed by atoms with E-state index in [1.165, 1.54) is 0 Å². The van der Waals surface area contributed by atoms with Crippen molar-refractivity contribution < 1.29 is 0 Å². The van der Waals surface area contributed by atoms with Crippen molar-refractivity contribution in [3.05, 3.63) is 0 Å². The van der Waals surface area contributed by atoms with E-state index < -0.39 is 0 Å². The number of thiol groups is 4. The predicted molar refractivity (Wildman–Crippen MR) is 69.6 cm³/mol. The van der Waals surface area contributed by atoms with Crippen LogP contribution in [0.25, 0.3) is 0 Å². The van der Waals surface area contributed by atoms with Crippen molar-refractivity contribution in [1.82, 2.24) is 0 Å². The van der Waals surface area contributed by atoms with Gasteiger partial charge in [-0.25, -0.2) is 0 Å². The van der Waals surface area contributed by atoms with Crippen LogP contribution in [0.2, 0.25) is 0 Å². The molecule has 4 atom stereocenters. The minimum Gasteiger partial charge on any atom is -0.175 e. The Labute approximate surface area is 96.9 Å². The molecule has 72 valence electrons. The summed E-state index contributed by atoms with van der Waals surface area (Å²) in [7, 11) is 0. The molecule has 1 rings (SSSR count). The van der Waals surface area contributed by atoms with E-state index in [4.69, 9.17) is 0 Å². The zero-order valence-corrected chi connectivity index (χ0v) is 10.5. The lowest BCUT2D eigenvalue weighted by atomic mass is 9.99. The normalized spacial score (nSPS) is 45.0. The van der Waals surface area contributed by atoms with Crippen LogP contribution in [0, 0.1) is 0 Å². The van der Waals surface area contributed by atoms with E-state index in [2.05, 4.69) is 50.5 Å². The van der Waals surface area contributed by atoms with Gasteiger partial charge in [-0.1, -0.05) is 0 Å². The van der Waals surface area contributed by atoms with Gasteiger partial charge < -0.3 is 0 Å². The van der Waals surface area contributed by atoms with Gasteiger partial charge in [0.05, 0.1) is 0 Å². The lowest BCUT2D eigenvalue weighted by Crippen LogP contribution is -2.26. The molecule has 0 saturated heterocycles. The molecule has 0 bridgehead atoms. The topological polar surface area (TPSA) is 0 Å². The molecule has 0 aromatic heterocycles. The number of hydrogen-bond acceptors (Lipinski definition) is 4. The molecule has 0 heterocycles. The highest BCUT2D eigenvalue weighted by molar-refractivity contribution is 7.85. The van der Waals surface area contributed by atoms with Crippen molar-refractivity contribution in [2.24, 2.45) is 0 Å². The van der Waals surface area contributed by atoms with E-state index >= 15 is 0 Å². The Morgan fingerprint density at radius 1 is 0.500 bits per heavy atom. The van der Waals surface area contributed by atoms with Gasteiger partial charge in [0.1, 0.15) is 0 Å². The van der Waals surface area contributed by atoms with E-state index in [-0.39, 0.29) is 0 Å². The summed E-state index contributed by atoms with van der Waals surface area (Å²) in [5, 5.41) is 1.74. The fourth-order valence-corrected chi connectivity index (χ4v) is 2.65. The van der Waals surface area contributed by atoms with E-state index in [9.17, 15) is 0 Å². The Bertz CT molecular complexity index is 107. The lowest BCUT2D eigenvalue weighted by molar-refractivity contribution is 0.546. The smallest absolute Gasteiger partial charge is 0.0134 e. The second-order valence-electron chi connectivity index (χ2n) is 3.42. The van der Waals surface area contributed by atoms with Gasteiger partial charge in [-0.05, 0) is 25.7 Å². The molecule has 1 fully saturated rings. The molecule has 4 unspecified atom stereocenters. The quantitative estimate of drug-likeness (QED) is 0.460. The van der Waals surface area contributed by atoms with E-state index in [0.29, 0.717) is 21.0 Å². The largest absolute Gasteiger partial charge is 0.175 e. The third kappa shape index (κ3) is 3.28. The molecule has 0 radical (unpaired) electrons. The van der Waals surface area contributed by atoms with Crippen molar-refractivity contribution in [1.29, 1.82) is 0 Å². The standard InChI is InChI=1S/C8H16S4/c9-5-1-2-6(10)8(12)4-3-7(5)11/h5-12H,1-4H2. The maximum atomic E-state index is 4.51. The molecule has 0 aromatic carbocycles.